The van der Waals surface area contributed by atoms with Crippen LogP contribution in [0.15, 0.2) is 52.2 Å². The van der Waals surface area contributed by atoms with Crippen molar-refractivity contribution in [3.63, 3.8) is 0 Å². The molecule has 2 heterocycles. The topological polar surface area (TPSA) is 165 Å². The number of ether oxygens (including phenoxy) is 3. The first-order valence-electron chi connectivity index (χ1n) is 10.9. The van der Waals surface area contributed by atoms with Crippen molar-refractivity contribution < 1.29 is 23.6 Å². The third kappa shape index (κ3) is 5.09. The van der Waals surface area contributed by atoms with Gasteiger partial charge in [-0.25, -0.2) is 10.1 Å². The van der Waals surface area contributed by atoms with Crippen molar-refractivity contribution in [2.45, 2.75) is 13.3 Å². The number of aromatic nitrogens is 5. The summed E-state index contributed by atoms with van der Waals surface area (Å²) in [4.78, 5) is 13.1. The highest BCUT2D eigenvalue weighted by molar-refractivity contribution is 5.99. The number of benzene rings is 2. The normalized spacial score (nSPS) is 11.0. The van der Waals surface area contributed by atoms with Gasteiger partial charge in [0.05, 0.1) is 27.0 Å². The summed E-state index contributed by atoms with van der Waals surface area (Å²) >= 11 is 0. The predicted octanol–water partition coefficient (Wildman–Crippen LogP) is 2.47. The Balaban J connectivity index is 1.64. The van der Waals surface area contributed by atoms with Crippen LogP contribution in [0.25, 0.3) is 17.1 Å². The van der Waals surface area contributed by atoms with Crippen molar-refractivity contribution in [2.24, 2.45) is 5.10 Å². The molecule has 0 atom stereocenters. The number of methoxy groups -OCH3 is 2. The average Bonchev–Trinajstić information content (AvgIpc) is 3.53. The van der Waals surface area contributed by atoms with E-state index in [1.54, 1.807) is 49.6 Å². The second kappa shape index (κ2) is 11.0. The number of nitrogens with two attached hydrogens (primary N) is 1. The number of hydrazone groups is 1. The van der Waals surface area contributed by atoms with Gasteiger partial charge < -0.3 is 19.9 Å². The molecule has 36 heavy (non-hydrogen) atoms. The van der Waals surface area contributed by atoms with Crippen LogP contribution in [-0.4, -0.2) is 58.3 Å². The second-order valence-corrected chi connectivity index (χ2v) is 7.35. The van der Waals surface area contributed by atoms with Gasteiger partial charge in [-0.1, -0.05) is 12.1 Å². The lowest BCUT2D eigenvalue weighted by Gasteiger charge is -2.08. The number of nitrogen functional groups attached to an aromatic ring is 1. The van der Waals surface area contributed by atoms with E-state index < -0.39 is 5.91 Å². The van der Waals surface area contributed by atoms with Gasteiger partial charge in [-0.05, 0) is 53.1 Å². The van der Waals surface area contributed by atoms with Crippen LogP contribution in [0.3, 0.4) is 0 Å². The molecule has 4 rings (SSSR count). The lowest BCUT2D eigenvalue weighted by molar-refractivity contribution is 0.0950. The number of hydrogen-bond acceptors (Lipinski definition) is 11. The summed E-state index contributed by atoms with van der Waals surface area (Å²) in [5.41, 5.74) is 9.86. The number of nitrogens with one attached hydrogen (secondary N) is 1. The summed E-state index contributed by atoms with van der Waals surface area (Å²) in [5.74, 6) is 1.31. The fourth-order valence-corrected chi connectivity index (χ4v) is 3.25. The van der Waals surface area contributed by atoms with E-state index in [4.69, 9.17) is 24.6 Å². The molecule has 0 saturated carbocycles. The zero-order chi connectivity index (χ0) is 25.5. The number of carbonyl (C=O) groups excluding carboxylic acids is 1. The van der Waals surface area contributed by atoms with Crippen LogP contribution >= 0.6 is 0 Å². The molecule has 1 amide bonds. The molecule has 0 radical (unpaired) electrons. The van der Waals surface area contributed by atoms with Crippen LogP contribution in [0, 0.1) is 0 Å². The smallest absolute Gasteiger partial charge is 0.294 e. The van der Waals surface area contributed by atoms with Gasteiger partial charge in [-0.3, -0.25) is 4.79 Å². The maximum absolute atomic E-state index is 13.1. The standard InChI is InChI=1S/C23H24N8O5/c1-4-11-35-16-8-5-14(6-9-16)20-19(26-30-31(20)22-21(24)28-36-29-22)23(32)27-25-13-15-7-10-17(33-2)12-18(15)34-3/h5-10,12-13H,4,11H2,1-3H3,(H2,24,28)(H,27,32)/b25-13+. The quantitative estimate of drug-likeness (QED) is 0.248. The fourth-order valence-electron chi connectivity index (χ4n) is 3.25. The number of anilines is 1. The van der Waals surface area contributed by atoms with Gasteiger partial charge in [0.2, 0.25) is 11.6 Å². The number of carbonyl (C=O) groups is 1. The summed E-state index contributed by atoms with van der Waals surface area (Å²) in [6.07, 6.45) is 2.32. The monoisotopic (exact) mass is 492 g/mol. The molecule has 2 aromatic carbocycles. The Kier molecular flexibility index (Phi) is 7.39. The first-order valence-corrected chi connectivity index (χ1v) is 10.9. The van der Waals surface area contributed by atoms with E-state index >= 15 is 0 Å². The number of amides is 1. The highest BCUT2D eigenvalue weighted by atomic mass is 16.6. The van der Waals surface area contributed by atoms with Crippen molar-refractivity contribution in [1.29, 1.82) is 0 Å². The van der Waals surface area contributed by atoms with Crippen molar-refractivity contribution in [2.75, 3.05) is 26.6 Å². The van der Waals surface area contributed by atoms with Gasteiger partial charge in [0, 0.05) is 17.2 Å². The molecule has 186 valence electrons. The molecule has 0 aliphatic rings. The SMILES string of the molecule is CCCOc1ccc(-c2c(C(=O)N/N=C/c3ccc(OC)cc3OC)nnn2-c2nonc2N)cc1. The number of hydrogen-bond donors (Lipinski definition) is 2. The maximum Gasteiger partial charge on any atom is 0.294 e. The summed E-state index contributed by atoms with van der Waals surface area (Å²) in [6, 6.07) is 12.3. The lowest BCUT2D eigenvalue weighted by Crippen LogP contribution is -2.19. The van der Waals surface area contributed by atoms with Crippen LogP contribution in [0.1, 0.15) is 29.4 Å². The summed E-state index contributed by atoms with van der Waals surface area (Å²) in [6.45, 7) is 2.61. The number of rotatable bonds is 10. The van der Waals surface area contributed by atoms with Gasteiger partial charge >= 0.3 is 0 Å². The summed E-state index contributed by atoms with van der Waals surface area (Å²) in [5, 5.41) is 19.5. The first kappa shape index (κ1) is 24.2. The Hall–Kier alpha value is -4.94. The third-order valence-corrected chi connectivity index (χ3v) is 4.99. The van der Waals surface area contributed by atoms with Crippen LogP contribution < -0.4 is 25.4 Å². The van der Waals surface area contributed by atoms with Crippen molar-refractivity contribution in [3.8, 4) is 34.3 Å². The molecule has 0 saturated heterocycles. The van der Waals surface area contributed by atoms with E-state index in [1.165, 1.54) is 18.0 Å². The van der Waals surface area contributed by atoms with E-state index in [9.17, 15) is 4.79 Å². The zero-order valence-corrected chi connectivity index (χ0v) is 19.8. The van der Waals surface area contributed by atoms with Crippen molar-refractivity contribution in [3.05, 3.63) is 53.7 Å². The second-order valence-electron chi connectivity index (χ2n) is 7.35. The zero-order valence-electron chi connectivity index (χ0n) is 19.8. The molecule has 0 aliphatic carbocycles. The highest BCUT2D eigenvalue weighted by Crippen LogP contribution is 2.28. The van der Waals surface area contributed by atoms with E-state index in [2.05, 4.69) is 31.2 Å². The fraction of sp³-hybridized carbons (Fsp3) is 0.217. The Morgan fingerprint density at radius 2 is 1.92 bits per heavy atom. The first-order chi connectivity index (χ1) is 17.5. The molecule has 0 bridgehead atoms. The van der Waals surface area contributed by atoms with E-state index in [-0.39, 0.29) is 17.3 Å². The molecule has 0 aliphatic heterocycles. The van der Waals surface area contributed by atoms with Gasteiger partial charge in [0.1, 0.15) is 22.9 Å². The van der Waals surface area contributed by atoms with Crippen molar-refractivity contribution in [1.82, 2.24) is 30.7 Å². The lowest BCUT2D eigenvalue weighted by atomic mass is 10.1. The average molecular weight is 492 g/mol. The van der Waals surface area contributed by atoms with E-state index in [1.807, 2.05) is 6.92 Å². The Labute approximate surface area is 205 Å². The van der Waals surface area contributed by atoms with E-state index in [0.717, 1.165) is 6.42 Å². The van der Waals surface area contributed by atoms with Gasteiger partial charge in [-0.2, -0.15) is 9.78 Å². The molecule has 0 unspecified atom stereocenters. The highest BCUT2D eigenvalue weighted by Gasteiger charge is 2.25. The molecule has 4 aromatic rings. The Morgan fingerprint density at radius 3 is 2.58 bits per heavy atom. The molecule has 13 heteroatoms. The largest absolute Gasteiger partial charge is 0.497 e. The maximum atomic E-state index is 13.1. The Bertz CT molecular complexity index is 1360. The number of nitrogens with zero attached hydrogens (tertiary/aromatic N) is 6. The molecule has 0 fully saturated rings. The summed E-state index contributed by atoms with van der Waals surface area (Å²) in [7, 11) is 3.08. The van der Waals surface area contributed by atoms with Gasteiger partial charge in [-0.15, -0.1) is 5.10 Å². The molecular formula is C23H24N8O5. The van der Waals surface area contributed by atoms with Crippen LogP contribution in [0.2, 0.25) is 0 Å². The van der Waals surface area contributed by atoms with Crippen molar-refractivity contribution >= 4 is 17.9 Å². The van der Waals surface area contributed by atoms with Gasteiger partial charge in [0.25, 0.3) is 5.91 Å². The van der Waals surface area contributed by atoms with Gasteiger partial charge in [0.15, 0.2) is 5.69 Å². The van der Waals surface area contributed by atoms with Crippen LogP contribution in [0.5, 0.6) is 17.2 Å². The molecule has 2 aromatic heterocycles. The molecule has 3 N–H and O–H groups in total. The minimum atomic E-state index is -0.610. The predicted molar refractivity (Wildman–Crippen MR) is 129 cm³/mol. The Morgan fingerprint density at radius 1 is 1.14 bits per heavy atom. The van der Waals surface area contributed by atoms with E-state index in [0.29, 0.717) is 40.7 Å². The molecular weight excluding hydrogens is 468 g/mol. The minimum absolute atomic E-state index is 0.0133. The minimum Gasteiger partial charge on any atom is -0.497 e. The third-order valence-electron chi connectivity index (χ3n) is 4.99. The van der Waals surface area contributed by atoms with Crippen LogP contribution in [-0.2, 0) is 0 Å². The van der Waals surface area contributed by atoms with Crippen LogP contribution in [0.4, 0.5) is 5.82 Å². The summed E-state index contributed by atoms with van der Waals surface area (Å²) < 4.78 is 22.2. The molecule has 13 nitrogen and oxygen atoms in total. The molecule has 0 spiro atoms.